The molecule has 5 nitrogen and oxygen atoms in total. The molecular formula is C12H24N2O3S. The highest BCUT2D eigenvalue weighted by Crippen LogP contribution is 2.19. The molecule has 2 saturated heterocycles. The van der Waals surface area contributed by atoms with Crippen molar-refractivity contribution in [2.24, 2.45) is 0 Å². The van der Waals surface area contributed by atoms with E-state index in [0.717, 1.165) is 38.8 Å². The Kier molecular flexibility index (Phi) is 5.00. The number of ether oxygens (including phenoxy) is 1. The van der Waals surface area contributed by atoms with Gasteiger partial charge in [0.2, 0.25) is 10.0 Å². The second kappa shape index (κ2) is 6.32. The molecule has 0 aromatic carbocycles. The van der Waals surface area contributed by atoms with Crippen LogP contribution in [0, 0.1) is 0 Å². The summed E-state index contributed by atoms with van der Waals surface area (Å²) in [5.74, 6) is 0.150. The lowest BCUT2D eigenvalue weighted by Gasteiger charge is -2.33. The summed E-state index contributed by atoms with van der Waals surface area (Å²) in [5.41, 5.74) is 0. The number of nitrogens with zero attached hydrogens (tertiary/aromatic N) is 1. The maximum Gasteiger partial charge on any atom is 0.216 e. The molecule has 2 unspecified atom stereocenters. The molecule has 0 saturated carbocycles. The van der Waals surface area contributed by atoms with Crippen molar-refractivity contribution in [1.29, 1.82) is 0 Å². The van der Waals surface area contributed by atoms with E-state index in [-0.39, 0.29) is 17.9 Å². The van der Waals surface area contributed by atoms with Crippen molar-refractivity contribution >= 4 is 10.0 Å². The van der Waals surface area contributed by atoms with Gasteiger partial charge in [0.15, 0.2) is 0 Å². The van der Waals surface area contributed by atoms with Crippen molar-refractivity contribution < 1.29 is 13.2 Å². The fourth-order valence-electron chi connectivity index (χ4n) is 2.87. The standard InChI is InChI=1S/C12H24N2O3S/c1-2-14(11-5-3-7-13-9-11)18(15,16)10-12-6-4-8-17-12/h11-13H,2-10H2,1H3. The van der Waals surface area contributed by atoms with Crippen LogP contribution < -0.4 is 5.32 Å². The van der Waals surface area contributed by atoms with Gasteiger partial charge in [-0.15, -0.1) is 0 Å². The summed E-state index contributed by atoms with van der Waals surface area (Å²) in [4.78, 5) is 0. The molecule has 2 rings (SSSR count). The van der Waals surface area contributed by atoms with E-state index in [4.69, 9.17) is 4.74 Å². The van der Waals surface area contributed by atoms with Crippen LogP contribution >= 0.6 is 0 Å². The van der Waals surface area contributed by atoms with Crippen LogP contribution in [-0.2, 0) is 14.8 Å². The van der Waals surface area contributed by atoms with Crippen LogP contribution in [0.25, 0.3) is 0 Å². The van der Waals surface area contributed by atoms with Crippen LogP contribution in [0.3, 0.4) is 0 Å². The quantitative estimate of drug-likeness (QED) is 0.797. The monoisotopic (exact) mass is 276 g/mol. The van der Waals surface area contributed by atoms with Gasteiger partial charge < -0.3 is 10.1 Å². The van der Waals surface area contributed by atoms with Crippen LogP contribution in [0.4, 0.5) is 0 Å². The van der Waals surface area contributed by atoms with E-state index in [2.05, 4.69) is 5.32 Å². The number of likely N-dealkylation sites (N-methyl/N-ethyl adjacent to an activating group) is 1. The predicted octanol–water partition coefficient (Wildman–Crippen LogP) is 0.569. The molecule has 2 heterocycles. The van der Waals surface area contributed by atoms with Crippen molar-refractivity contribution in [2.75, 3.05) is 32.0 Å². The molecule has 0 radical (unpaired) electrons. The smallest absolute Gasteiger partial charge is 0.216 e. The molecule has 18 heavy (non-hydrogen) atoms. The molecule has 0 bridgehead atoms. The van der Waals surface area contributed by atoms with Gasteiger partial charge in [0, 0.05) is 25.7 Å². The van der Waals surface area contributed by atoms with Crippen LogP contribution in [0.2, 0.25) is 0 Å². The fraction of sp³-hybridized carbons (Fsp3) is 1.00. The number of nitrogens with one attached hydrogen (secondary N) is 1. The van der Waals surface area contributed by atoms with E-state index in [1.807, 2.05) is 6.92 Å². The fourth-order valence-corrected chi connectivity index (χ4v) is 4.82. The molecule has 2 fully saturated rings. The molecular weight excluding hydrogens is 252 g/mol. The summed E-state index contributed by atoms with van der Waals surface area (Å²) in [6, 6.07) is 0.121. The second-order valence-corrected chi connectivity index (χ2v) is 7.08. The van der Waals surface area contributed by atoms with Gasteiger partial charge >= 0.3 is 0 Å². The zero-order valence-corrected chi connectivity index (χ0v) is 11.9. The van der Waals surface area contributed by atoms with Gasteiger partial charge in [-0.2, -0.15) is 4.31 Å². The van der Waals surface area contributed by atoms with E-state index < -0.39 is 10.0 Å². The maximum absolute atomic E-state index is 12.4. The van der Waals surface area contributed by atoms with Crippen molar-refractivity contribution in [2.45, 2.75) is 44.8 Å². The summed E-state index contributed by atoms with van der Waals surface area (Å²) >= 11 is 0. The third-order valence-corrected chi connectivity index (χ3v) is 5.83. The number of sulfonamides is 1. The van der Waals surface area contributed by atoms with E-state index in [1.54, 1.807) is 4.31 Å². The van der Waals surface area contributed by atoms with Gasteiger partial charge in [0.25, 0.3) is 0 Å². The van der Waals surface area contributed by atoms with Crippen LogP contribution in [0.15, 0.2) is 0 Å². The Morgan fingerprint density at radius 3 is 2.72 bits per heavy atom. The molecule has 0 amide bonds. The SMILES string of the molecule is CCN(C1CCCNC1)S(=O)(=O)CC1CCCO1. The van der Waals surface area contributed by atoms with Gasteiger partial charge in [0.1, 0.15) is 0 Å². The molecule has 106 valence electrons. The van der Waals surface area contributed by atoms with Crippen molar-refractivity contribution in [1.82, 2.24) is 9.62 Å². The van der Waals surface area contributed by atoms with Crippen LogP contribution in [-0.4, -0.2) is 56.9 Å². The van der Waals surface area contributed by atoms with Gasteiger partial charge in [-0.25, -0.2) is 8.42 Å². The Morgan fingerprint density at radius 1 is 1.33 bits per heavy atom. The average molecular weight is 276 g/mol. The second-order valence-electron chi connectivity index (χ2n) is 5.12. The summed E-state index contributed by atoms with van der Waals surface area (Å²) in [6.45, 7) is 4.96. The van der Waals surface area contributed by atoms with Gasteiger partial charge in [0.05, 0.1) is 11.9 Å². The topological polar surface area (TPSA) is 58.6 Å². The Hall–Kier alpha value is -0.170. The molecule has 2 aliphatic rings. The molecule has 6 heteroatoms. The lowest BCUT2D eigenvalue weighted by molar-refractivity contribution is 0.125. The molecule has 1 N–H and O–H groups in total. The summed E-state index contributed by atoms with van der Waals surface area (Å²) in [7, 11) is -3.19. The summed E-state index contributed by atoms with van der Waals surface area (Å²) in [6.07, 6.45) is 3.78. The van der Waals surface area contributed by atoms with Crippen LogP contribution in [0.1, 0.15) is 32.6 Å². The molecule has 0 aromatic heterocycles. The van der Waals surface area contributed by atoms with Crippen molar-refractivity contribution in [3.8, 4) is 0 Å². The minimum absolute atomic E-state index is 0.0967. The Labute approximate surface area is 110 Å². The Balaban J connectivity index is 1.99. The molecule has 0 spiro atoms. The first-order chi connectivity index (χ1) is 8.63. The van der Waals surface area contributed by atoms with Crippen molar-refractivity contribution in [3.63, 3.8) is 0 Å². The van der Waals surface area contributed by atoms with E-state index in [0.29, 0.717) is 13.2 Å². The lowest BCUT2D eigenvalue weighted by atomic mass is 10.1. The zero-order valence-electron chi connectivity index (χ0n) is 11.1. The number of hydrogen-bond donors (Lipinski definition) is 1. The van der Waals surface area contributed by atoms with Gasteiger partial charge in [-0.05, 0) is 32.2 Å². The first-order valence-electron chi connectivity index (χ1n) is 6.95. The Bertz CT molecular complexity index is 346. The van der Waals surface area contributed by atoms with Crippen molar-refractivity contribution in [3.05, 3.63) is 0 Å². The highest BCUT2D eigenvalue weighted by Gasteiger charge is 2.32. The lowest BCUT2D eigenvalue weighted by Crippen LogP contribution is -2.50. The van der Waals surface area contributed by atoms with E-state index >= 15 is 0 Å². The van der Waals surface area contributed by atoms with Gasteiger partial charge in [-0.3, -0.25) is 0 Å². The van der Waals surface area contributed by atoms with Gasteiger partial charge in [-0.1, -0.05) is 6.92 Å². The third-order valence-electron chi connectivity index (χ3n) is 3.77. The number of rotatable bonds is 5. The normalized spacial score (nSPS) is 29.9. The number of hydrogen-bond acceptors (Lipinski definition) is 4. The first-order valence-corrected chi connectivity index (χ1v) is 8.56. The molecule has 2 aliphatic heterocycles. The highest BCUT2D eigenvalue weighted by atomic mass is 32.2. The third kappa shape index (κ3) is 3.44. The minimum Gasteiger partial charge on any atom is -0.377 e. The highest BCUT2D eigenvalue weighted by molar-refractivity contribution is 7.89. The minimum atomic E-state index is -3.19. The number of piperidine rings is 1. The molecule has 0 aliphatic carbocycles. The first kappa shape index (κ1) is 14.2. The van der Waals surface area contributed by atoms with Crippen LogP contribution in [0.5, 0.6) is 0 Å². The van der Waals surface area contributed by atoms with E-state index in [9.17, 15) is 8.42 Å². The Morgan fingerprint density at radius 2 is 2.17 bits per heavy atom. The molecule has 0 aromatic rings. The predicted molar refractivity (Wildman–Crippen MR) is 71.0 cm³/mol. The largest absolute Gasteiger partial charge is 0.377 e. The zero-order chi connectivity index (χ0) is 13.0. The maximum atomic E-state index is 12.4. The summed E-state index contributed by atoms with van der Waals surface area (Å²) < 4.78 is 32.0. The summed E-state index contributed by atoms with van der Waals surface area (Å²) in [5, 5.41) is 3.28. The average Bonchev–Trinajstić information content (AvgIpc) is 2.83. The van der Waals surface area contributed by atoms with E-state index in [1.165, 1.54) is 0 Å². The molecule has 2 atom stereocenters.